The van der Waals surface area contributed by atoms with Crippen LogP contribution in [-0.4, -0.2) is 28.3 Å². The molecule has 3 rings (SSSR count). The number of nitrogens with two attached hydrogens (primary N) is 2. The SMILES string of the molecule is NCCOc1ccc(-c2c(Cl)cc(Nc3n[nH]c(N)n3)cc2C(F)(F)F)cc1. The number of nitrogens with zero attached hydrogens (tertiary/aromatic N) is 2. The summed E-state index contributed by atoms with van der Waals surface area (Å²) in [7, 11) is 0. The number of ether oxygens (including phenoxy) is 1. The van der Waals surface area contributed by atoms with Gasteiger partial charge in [-0.15, -0.1) is 5.10 Å². The van der Waals surface area contributed by atoms with Crippen LogP contribution in [0.3, 0.4) is 0 Å². The molecule has 1 aromatic heterocycles. The highest BCUT2D eigenvalue weighted by Gasteiger charge is 2.35. The predicted octanol–water partition coefficient (Wildman–Crippen LogP) is 3.81. The Morgan fingerprint density at radius 1 is 1.18 bits per heavy atom. The minimum atomic E-state index is -4.64. The predicted molar refractivity (Wildman–Crippen MR) is 101 cm³/mol. The zero-order valence-electron chi connectivity index (χ0n) is 14.3. The molecule has 6 N–H and O–H groups in total. The van der Waals surface area contributed by atoms with Crippen LogP contribution in [0.2, 0.25) is 5.02 Å². The zero-order chi connectivity index (χ0) is 20.3. The largest absolute Gasteiger partial charge is 0.492 e. The van der Waals surface area contributed by atoms with Gasteiger partial charge in [0.1, 0.15) is 12.4 Å². The monoisotopic (exact) mass is 412 g/mol. The van der Waals surface area contributed by atoms with Crippen molar-refractivity contribution in [2.24, 2.45) is 5.73 Å². The van der Waals surface area contributed by atoms with Gasteiger partial charge in [-0.05, 0) is 29.8 Å². The van der Waals surface area contributed by atoms with E-state index in [2.05, 4.69) is 20.5 Å². The van der Waals surface area contributed by atoms with E-state index in [-0.39, 0.29) is 28.2 Å². The summed E-state index contributed by atoms with van der Waals surface area (Å²) in [6.45, 7) is 0.636. The summed E-state index contributed by atoms with van der Waals surface area (Å²) < 4.78 is 46.4. The van der Waals surface area contributed by atoms with Crippen molar-refractivity contribution in [3.8, 4) is 16.9 Å². The van der Waals surface area contributed by atoms with Gasteiger partial charge in [-0.1, -0.05) is 23.7 Å². The van der Waals surface area contributed by atoms with E-state index < -0.39 is 11.7 Å². The molecular weight excluding hydrogens is 397 g/mol. The fourth-order valence-corrected chi connectivity index (χ4v) is 2.88. The first kappa shape index (κ1) is 19.8. The first-order chi connectivity index (χ1) is 13.3. The van der Waals surface area contributed by atoms with Crippen LogP contribution in [0.25, 0.3) is 11.1 Å². The summed E-state index contributed by atoms with van der Waals surface area (Å²) in [6, 6.07) is 8.43. The van der Waals surface area contributed by atoms with Gasteiger partial charge in [-0.3, -0.25) is 0 Å². The molecule has 2 aromatic carbocycles. The van der Waals surface area contributed by atoms with Crippen molar-refractivity contribution in [2.75, 3.05) is 24.2 Å². The Bertz CT molecular complexity index is 959. The van der Waals surface area contributed by atoms with Gasteiger partial charge in [-0.2, -0.15) is 18.2 Å². The lowest BCUT2D eigenvalue weighted by Crippen LogP contribution is -2.10. The highest BCUT2D eigenvalue weighted by molar-refractivity contribution is 6.34. The third-order valence-electron chi connectivity index (χ3n) is 3.68. The molecule has 0 atom stereocenters. The van der Waals surface area contributed by atoms with Crippen LogP contribution in [-0.2, 0) is 6.18 Å². The smallest absolute Gasteiger partial charge is 0.417 e. The van der Waals surface area contributed by atoms with Crippen LogP contribution < -0.4 is 21.5 Å². The summed E-state index contributed by atoms with van der Waals surface area (Å²) in [5, 5.41) is 8.67. The van der Waals surface area contributed by atoms with Crippen molar-refractivity contribution in [1.29, 1.82) is 0 Å². The number of aromatic nitrogens is 3. The van der Waals surface area contributed by atoms with E-state index >= 15 is 0 Å². The lowest BCUT2D eigenvalue weighted by Gasteiger charge is -2.17. The van der Waals surface area contributed by atoms with Crippen molar-refractivity contribution < 1.29 is 17.9 Å². The molecule has 0 aliphatic heterocycles. The quantitative estimate of drug-likeness (QED) is 0.489. The molecule has 3 aromatic rings. The average Bonchev–Trinajstić information content (AvgIpc) is 3.04. The molecule has 0 aliphatic rings. The topological polar surface area (TPSA) is 115 Å². The van der Waals surface area contributed by atoms with Gasteiger partial charge in [0, 0.05) is 17.8 Å². The Balaban J connectivity index is 2.00. The molecule has 0 amide bonds. The van der Waals surface area contributed by atoms with E-state index in [9.17, 15) is 13.2 Å². The minimum Gasteiger partial charge on any atom is -0.492 e. The molecule has 0 radical (unpaired) electrons. The molecule has 0 fully saturated rings. The lowest BCUT2D eigenvalue weighted by atomic mass is 9.98. The number of H-pyrrole nitrogens is 1. The first-order valence-corrected chi connectivity index (χ1v) is 8.44. The van der Waals surface area contributed by atoms with Crippen molar-refractivity contribution in [2.45, 2.75) is 6.18 Å². The van der Waals surface area contributed by atoms with E-state index in [1.807, 2.05) is 0 Å². The zero-order valence-corrected chi connectivity index (χ0v) is 15.1. The molecule has 0 spiro atoms. The van der Waals surface area contributed by atoms with Gasteiger partial charge in [-0.25, -0.2) is 5.10 Å². The summed E-state index contributed by atoms with van der Waals surface area (Å²) in [5.74, 6) is 0.549. The highest BCUT2D eigenvalue weighted by atomic mass is 35.5. The van der Waals surface area contributed by atoms with Crippen molar-refractivity contribution in [3.05, 3.63) is 47.0 Å². The standard InChI is InChI=1S/C17H16ClF3N6O/c18-13-8-10(24-16-25-15(23)26-27-16)7-12(17(19,20)21)14(13)9-1-3-11(4-2-9)28-6-5-22/h1-4,7-8H,5-6,22H2,(H4,23,24,25,26,27). The Hall–Kier alpha value is -2.98. The van der Waals surface area contributed by atoms with E-state index in [0.29, 0.717) is 24.5 Å². The summed E-state index contributed by atoms with van der Waals surface area (Å²) in [5.41, 5.74) is 10.1. The molecule has 0 saturated heterocycles. The minimum absolute atomic E-state index is 0.0239. The van der Waals surface area contributed by atoms with E-state index in [0.717, 1.165) is 6.07 Å². The second kappa shape index (κ2) is 7.95. The van der Waals surface area contributed by atoms with Crippen molar-refractivity contribution in [1.82, 2.24) is 15.2 Å². The normalized spacial score (nSPS) is 11.5. The number of alkyl halides is 3. The second-order valence-electron chi connectivity index (χ2n) is 5.71. The van der Waals surface area contributed by atoms with Gasteiger partial charge >= 0.3 is 6.18 Å². The van der Waals surface area contributed by atoms with Crippen molar-refractivity contribution in [3.63, 3.8) is 0 Å². The molecule has 0 aliphatic carbocycles. The molecule has 11 heteroatoms. The molecule has 28 heavy (non-hydrogen) atoms. The number of nitrogens with one attached hydrogen (secondary N) is 2. The number of benzene rings is 2. The Morgan fingerprint density at radius 2 is 1.89 bits per heavy atom. The molecule has 0 saturated carbocycles. The van der Waals surface area contributed by atoms with Crippen LogP contribution in [0.1, 0.15) is 5.56 Å². The van der Waals surface area contributed by atoms with Crippen LogP contribution >= 0.6 is 11.6 Å². The fraction of sp³-hybridized carbons (Fsp3) is 0.176. The highest BCUT2D eigenvalue weighted by Crippen LogP contribution is 2.43. The Kier molecular flexibility index (Phi) is 5.61. The molecule has 1 heterocycles. The number of hydrogen-bond donors (Lipinski definition) is 4. The third-order valence-corrected chi connectivity index (χ3v) is 3.98. The fourth-order valence-electron chi connectivity index (χ4n) is 2.55. The lowest BCUT2D eigenvalue weighted by molar-refractivity contribution is -0.137. The average molecular weight is 413 g/mol. The number of halogens is 4. The van der Waals surface area contributed by atoms with Crippen LogP contribution in [0.4, 0.5) is 30.8 Å². The number of nitrogen functional groups attached to an aromatic ring is 1. The number of anilines is 3. The molecule has 0 bridgehead atoms. The molecule has 0 unspecified atom stereocenters. The van der Waals surface area contributed by atoms with Crippen LogP contribution in [0, 0.1) is 0 Å². The second-order valence-corrected chi connectivity index (χ2v) is 6.12. The van der Waals surface area contributed by atoms with E-state index in [1.165, 1.54) is 18.2 Å². The molecule has 148 valence electrons. The summed E-state index contributed by atoms with van der Waals surface area (Å²) >= 11 is 6.21. The van der Waals surface area contributed by atoms with E-state index in [1.54, 1.807) is 12.1 Å². The number of aromatic amines is 1. The summed E-state index contributed by atoms with van der Waals surface area (Å²) in [4.78, 5) is 3.80. The van der Waals surface area contributed by atoms with Gasteiger partial charge in [0.25, 0.3) is 0 Å². The maximum absolute atomic E-state index is 13.7. The van der Waals surface area contributed by atoms with Crippen LogP contribution in [0.15, 0.2) is 36.4 Å². The number of hydrogen-bond acceptors (Lipinski definition) is 6. The van der Waals surface area contributed by atoms with Gasteiger partial charge in [0.2, 0.25) is 11.9 Å². The van der Waals surface area contributed by atoms with Gasteiger partial charge in [0.05, 0.1) is 10.6 Å². The first-order valence-electron chi connectivity index (χ1n) is 8.07. The molecular formula is C17H16ClF3N6O. The number of rotatable bonds is 6. The molecule has 7 nitrogen and oxygen atoms in total. The van der Waals surface area contributed by atoms with Crippen LogP contribution in [0.5, 0.6) is 5.75 Å². The summed E-state index contributed by atoms with van der Waals surface area (Å²) in [6.07, 6.45) is -4.64. The Morgan fingerprint density at radius 3 is 2.46 bits per heavy atom. The Labute approximate surface area is 162 Å². The van der Waals surface area contributed by atoms with E-state index in [4.69, 9.17) is 27.8 Å². The van der Waals surface area contributed by atoms with Crippen molar-refractivity contribution >= 4 is 29.2 Å². The van der Waals surface area contributed by atoms with Gasteiger partial charge in [0.15, 0.2) is 0 Å². The van der Waals surface area contributed by atoms with Gasteiger partial charge < -0.3 is 21.5 Å². The maximum Gasteiger partial charge on any atom is 0.417 e. The maximum atomic E-state index is 13.7. The third kappa shape index (κ3) is 4.46.